The van der Waals surface area contributed by atoms with Crippen LogP contribution < -0.4 is 24.5 Å². The summed E-state index contributed by atoms with van der Waals surface area (Å²) in [6, 6.07) is 21.6. The lowest BCUT2D eigenvalue weighted by atomic mass is 10.1. The highest BCUT2D eigenvalue weighted by Crippen LogP contribution is 2.34. The Morgan fingerprint density at radius 1 is 0.800 bits per heavy atom. The first-order chi connectivity index (χ1) is 19.7. The number of H-pyrrole nitrogens is 1. The molecule has 1 N–H and O–H groups in total. The van der Waals surface area contributed by atoms with Gasteiger partial charge in [0.2, 0.25) is 6.79 Å². The molecule has 40 heavy (non-hydrogen) atoms. The number of hydrogen-bond donors (Lipinski definition) is 1. The van der Waals surface area contributed by atoms with Gasteiger partial charge in [-0.05, 0) is 45.8 Å². The van der Waals surface area contributed by atoms with Crippen molar-refractivity contribution in [3.8, 4) is 23.0 Å². The fraction of sp³-hybridized carbons (Fsp3) is 0.241. The summed E-state index contributed by atoms with van der Waals surface area (Å²) in [5.74, 6) is 3.44. The molecular weight excluding hydrogens is 512 g/mol. The number of ether oxygens (including phenoxy) is 4. The van der Waals surface area contributed by atoms with Gasteiger partial charge in [0.1, 0.15) is 13.2 Å². The number of nitrogens with one attached hydrogen (secondary N) is 1. The van der Waals surface area contributed by atoms with Crippen LogP contribution in [0, 0.1) is 0 Å². The van der Waals surface area contributed by atoms with E-state index in [1.54, 1.807) is 4.68 Å². The van der Waals surface area contributed by atoms with Gasteiger partial charge in [0.05, 0.1) is 18.6 Å². The number of aromatic amines is 1. The molecule has 0 saturated carbocycles. The quantitative estimate of drug-likeness (QED) is 0.318. The third kappa shape index (κ3) is 4.94. The van der Waals surface area contributed by atoms with Gasteiger partial charge in [0, 0.05) is 30.1 Å². The van der Waals surface area contributed by atoms with Crippen molar-refractivity contribution in [1.82, 2.24) is 30.1 Å². The maximum atomic E-state index is 13.2. The maximum Gasteiger partial charge on any atom is 0.252 e. The van der Waals surface area contributed by atoms with E-state index in [9.17, 15) is 4.79 Å². The zero-order valence-corrected chi connectivity index (χ0v) is 21.6. The first kappa shape index (κ1) is 24.2. The average Bonchev–Trinajstić information content (AvgIpc) is 3.62. The summed E-state index contributed by atoms with van der Waals surface area (Å²) in [4.78, 5) is 18.4. The lowest BCUT2D eigenvalue weighted by Crippen LogP contribution is -2.28. The predicted molar refractivity (Wildman–Crippen MR) is 144 cm³/mol. The minimum atomic E-state index is -0.163. The van der Waals surface area contributed by atoms with Crippen LogP contribution in [0.15, 0.2) is 71.5 Å². The molecule has 0 bridgehead atoms. The Bertz CT molecular complexity index is 1730. The highest BCUT2D eigenvalue weighted by atomic mass is 16.7. The van der Waals surface area contributed by atoms with Crippen molar-refractivity contribution in [2.45, 2.75) is 26.2 Å². The van der Waals surface area contributed by atoms with E-state index < -0.39 is 0 Å². The number of tetrazole rings is 1. The molecule has 2 aliphatic rings. The van der Waals surface area contributed by atoms with E-state index in [0.29, 0.717) is 73.5 Å². The second-order valence-corrected chi connectivity index (χ2v) is 9.78. The molecule has 0 unspecified atom stereocenters. The Morgan fingerprint density at radius 3 is 2.48 bits per heavy atom. The number of hydrogen-bond acceptors (Lipinski definition) is 9. The Morgan fingerprint density at radius 2 is 1.60 bits per heavy atom. The van der Waals surface area contributed by atoms with Crippen molar-refractivity contribution in [2.24, 2.45) is 0 Å². The van der Waals surface area contributed by atoms with Crippen LogP contribution in [-0.2, 0) is 26.2 Å². The van der Waals surface area contributed by atoms with Gasteiger partial charge in [0.25, 0.3) is 5.56 Å². The molecule has 0 aliphatic carbocycles. The number of nitrogens with zero attached hydrogens (tertiary/aromatic N) is 5. The van der Waals surface area contributed by atoms with Gasteiger partial charge in [0.15, 0.2) is 28.8 Å². The Labute approximate surface area is 228 Å². The van der Waals surface area contributed by atoms with Crippen molar-refractivity contribution in [2.75, 3.05) is 20.0 Å². The normalized spacial score (nSPS) is 13.7. The van der Waals surface area contributed by atoms with Crippen LogP contribution in [0.25, 0.3) is 10.9 Å². The first-order valence-corrected chi connectivity index (χ1v) is 13.0. The molecule has 11 nitrogen and oxygen atoms in total. The minimum absolute atomic E-state index is 0.163. The van der Waals surface area contributed by atoms with Crippen molar-refractivity contribution < 1.29 is 18.9 Å². The van der Waals surface area contributed by atoms with Gasteiger partial charge >= 0.3 is 0 Å². The molecule has 0 spiro atoms. The molecule has 4 heterocycles. The number of fused-ring (bicyclic) bond motifs is 3. The molecule has 3 aromatic carbocycles. The fourth-order valence-corrected chi connectivity index (χ4v) is 5.03. The molecule has 0 fully saturated rings. The summed E-state index contributed by atoms with van der Waals surface area (Å²) in [6.07, 6.45) is 0. The largest absolute Gasteiger partial charge is 0.486 e. The topological polar surface area (TPSA) is 117 Å². The highest BCUT2D eigenvalue weighted by Gasteiger charge is 2.20. The lowest BCUT2D eigenvalue weighted by molar-refractivity contribution is 0.172. The van der Waals surface area contributed by atoms with Crippen LogP contribution in [0.1, 0.15) is 22.5 Å². The van der Waals surface area contributed by atoms with Crippen LogP contribution in [0.4, 0.5) is 0 Å². The molecule has 7 rings (SSSR count). The van der Waals surface area contributed by atoms with E-state index in [2.05, 4.69) is 25.4 Å². The summed E-state index contributed by atoms with van der Waals surface area (Å²) in [5, 5.41) is 13.3. The van der Waals surface area contributed by atoms with Gasteiger partial charge in [-0.3, -0.25) is 9.69 Å². The second-order valence-electron chi connectivity index (χ2n) is 9.78. The number of aromatic nitrogens is 5. The fourth-order valence-electron chi connectivity index (χ4n) is 5.03. The van der Waals surface area contributed by atoms with Crippen molar-refractivity contribution in [3.63, 3.8) is 0 Å². The molecule has 0 atom stereocenters. The molecule has 5 aromatic rings. The minimum Gasteiger partial charge on any atom is -0.486 e. The van der Waals surface area contributed by atoms with Crippen molar-refractivity contribution in [1.29, 1.82) is 0 Å². The van der Waals surface area contributed by atoms with Crippen molar-refractivity contribution in [3.05, 3.63) is 99.6 Å². The number of rotatable bonds is 8. The molecular formula is C29H26N6O5. The van der Waals surface area contributed by atoms with E-state index in [1.165, 1.54) is 0 Å². The Kier molecular flexibility index (Phi) is 6.25. The zero-order valence-electron chi connectivity index (χ0n) is 21.6. The third-order valence-electron chi connectivity index (χ3n) is 6.97. The molecule has 2 aromatic heterocycles. The second kappa shape index (κ2) is 10.3. The van der Waals surface area contributed by atoms with Gasteiger partial charge in [-0.15, -0.1) is 5.10 Å². The summed E-state index contributed by atoms with van der Waals surface area (Å²) in [5.41, 5.74) is 3.27. The predicted octanol–water partition coefficient (Wildman–Crippen LogP) is 3.27. The molecule has 0 radical (unpaired) electrons. The van der Waals surface area contributed by atoms with Crippen LogP contribution in [0.3, 0.4) is 0 Å². The number of benzene rings is 3. The van der Waals surface area contributed by atoms with Gasteiger partial charge in [-0.2, -0.15) is 0 Å². The average molecular weight is 539 g/mol. The highest BCUT2D eigenvalue weighted by molar-refractivity contribution is 5.83. The summed E-state index contributed by atoms with van der Waals surface area (Å²) < 4.78 is 24.3. The summed E-state index contributed by atoms with van der Waals surface area (Å²) >= 11 is 0. The smallest absolute Gasteiger partial charge is 0.252 e. The van der Waals surface area contributed by atoms with E-state index in [0.717, 1.165) is 22.3 Å². The van der Waals surface area contributed by atoms with E-state index >= 15 is 0 Å². The maximum absolute atomic E-state index is 13.2. The van der Waals surface area contributed by atoms with Crippen LogP contribution >= 0.6 is 0 Å². The number of pyridine rings is 1. The van der Waals surface area contributed by atoms with Crippen LogP contribution in [0.5, 0.6) is 23.0 Å². The Balaban J connectivity index is 1.20. The van der Waals surface area contributed by atoms with E-state index in [1.807, 2.05) is 66.7 Å². The summed E-state index contributed by atoms with van der Waals surface area (Å²) in [6.45, 7) is 3.06. The molecule has 0 amide bonds. The van der Waals surface area contributed by atoms with Crippen LogP contribution in [0.2, 0.25) is 0 Å². The van der Waals surface area contributed by atoms with E-state index in [4.69, 9.17) is 18.9 Å². The van der Waals surface area contributed by atoms with Gasteiger partial charge < -0.3 is 23.9 Å². The van der Waals surface area contributed by atoms with Gasteiger partial charge in [-0.1, -0.05) is 36.4 Å². The molecule has 2 aliphatic heterocycles. The molecule has 202 valence electrons. The van der Waals surface area contributed by atoms with Gasteiger partial charge in [-0.25, -0.2) is 4.68 Å². The molecule has 11 heteroatoms. The van der Waals surface area contributed by atoms with Crippen LogP contribution in [-0.4, -0.2) is 50.1 Å². The Hall–Kier alpha value is -4.90. The zero-order chi connectivity index (χ0) is 26.9. The standard InChI is InChI=1S/C29H26N6O5/c36-29-22(11-21-12-26-27(13-23(21)30-29)38-9-8-37-26)16-34(14-20-6-7-24-25(10-20)40-18-39-24)17-28-31-32-33-35(28)15-19-4-2-1-3-5-19/h1-7,10-13H,8-9,14-18H2,(H,30,36). The third-order valence-corrected chi connectivity index (χ3v) is 6.97. The summed E-state index contributed by atoms with van der Waals surface area (Å²) in [7, 11) is 0. The first-order valence-electron chi connectivity index (χ1n) is 13.0. The van der Waals surface area contributed by atoms with Crippen molar-refractivity contribution >= 4 is 10.9 Å². The monoisotopic (exact) mass is 538 g/mol. The van der Waals surface area contributed by atoms with E-state index in [-0.39, 0.29) is 12.4 Å². The SMILES string of the molecule is O=c1[nH]c2cc3c(cc2cc1CN(Cc1ccc2c(c1)OCO2)Cc1nnnn1Cc1ccccc1)OCCO3. The molecule has 0 saturated heterocycles. The lowest BCUT2D eigenvalue weighted by Gasteiger charge is -2.22.